The van der Waals surface area contributed by atoms with Crippen LogP contribution in [-0.2, 0) is 11.3 Å². The van der Waals surface area contributed by atoms with Gasteiger partial charge < -0.3 is 15.2 Å². The SMILES string of the molecule is COCCCNCc1cc(Br)ccc1O.Cl. The highest BCUT2D eigenvalue weighted by Crippen LogP contribution is 2.21. The number of methoxy groups -OCH3 is 1. The summed E-state index contributed by atoms with van der Waals surface area (Å²) in [6.45, 7) is 2.33. The molecule has 0 saturated carbocycles. The Balaban J connectivity index is 0.00000225. The van der Waals surface area contributed by atoms with Crippen LogP contribution in [0.2, 0.25) is 0 Å². The number of halogens is 2. The van der Waals surface area contributed by atoms with Crippen LogP contribution in [-0.4, -0.2) is 25.4 Å². The maximum absolute atomic E-state index is 9.55. The Bertz CT molecular complexity index is 310. The summed E-state index contributed by atoms with van der Waals surface area (Å²) in [6, 6.07) is 5.43. The molecule has 1 aromatic rings. The summed E-state index contributed by atoms with van der Waals surface area (Å²) >= 11 is 3.37. The zero-order chi connectivity index (χ0) is 11.1. The first-order valence-corrected chi connectivity index (χ1v) is 5.70. The molecule has 0 bridgehead atoms. The van der Waals surface area contributed by atoms with E-state index < -0.39 is 0 Å². The van der Waals surface area contributed by atoms with Gasteiger partial charge in [-0.15, -0.1) is 12.4 Å². The maximum atomic E-state index is 9.55. The average molecular weight is 311 g/mol. The highest BCUT2D eigenvalue weighted by atomic mass is 79.9. The van der Waals surface area contributed by atoms with Crippen LogP contribution in [0.3, 0.4) is 0 Å². The minimum absolute atomic E-state index is 0. The van der Waals surface area contributed by atoms with E-state index in [4.69, 9.17) is 4.74 Å². The van der Waals surface area contributed by atoms with Gasteiger partial charge in [0, 0.05) is 30.3 Å². The van der Waals surface area contributed by atoms with E-state index in [1.165, 1.54) is 0 Å². The molecule has 0 atom stereocenters. The third-order valence-electron chi connectivity index (χ3n) is 2.06. The lowest BCUT2D eigenvalue weighted by Gasteiger charge is -2.07. The smallest absolute Gasteiger partial charge is 0.120 e. The third-order valence-corrected chi connectivity index (χ3v) is 2.55. The van der Waals surface area contributed by atoms with Crippen molar-refractivity contribution < 1.29 is 9.84 Å². The lowest BCUT2D eigenvalue weighted by atomic mass is 10.2. The Morgan fingerprint density at radius 2 is 2.19 bits per heavy atom. The Kier molecular flexibility index (Phi) is 8.66. The summed E-state index contributed by atoms with van der Waals surface area (Å²) in [7, 11) is 1.69. The van der Waals surface area contributed by atoms with E-state index in [2.05, 4.69) is 21.2 Å². The predicted octanol–water partition coefficient (Wildman–Crippen LogP) is 2.70. The van der Waals surface area contributed by atoms with Gasteiger partial charge in [-0.25, -0.2) is 0 Å². The van der Waals surface area contributed by atoms with Crippen molar-refractivity contribution in [2.24, 2.45) is 0 Å². The molecule has 3 nitrogen and oxygen atoms in total. The fraction of sp³-hybridized carbons (Fsp3) is 0.455. The summed E-state index contributed by atoms with van der Waals surface area (Å²) in [6.07, 6.45) is 0.977. The van der Waals surface area contributed by atoms with Crippen LogP contribution in [0.25, 0.3) is 0 Å². The van der Waals surface area contributed by atoms with Crippen LogP contribution < -0.4 is 5.32 Å². The summed E-state index contributed by atoms with van der Waals surface area (Å²) < 4.78 is 5.92. The predicted molar refractivity (Wildman–Crippen MR) is 71.3 cm³/mol. The average Bonchev–Trinajstić information content (AvgIpc) is 2.23. The van der Waals surface area contributed by atoms with Gasteiger partial charge in [0.05, 0.1) is 0 Å². The van der Waals surface area contributed by atoms with Crippen LogP contribution in [0.15, 0.2) is 22.7 Å². The molecule has 0 radical (unpaired) electrons. The quantitative estimate of drug-likeness (QED) is 0.794. The molecule has 0 aromatic heterocycles. The molecule has 5 heteroatoms. The number of ether oxygens (including phenoxy) is 1. The highest BCUT2D eigenvalue weighted by Gasteiger charge is 2.00. The van der Waals surface area contributed by atoms with E-state index in [0.29, 0.717) is 12.3 Å². The molecule has 0 aliphatic rings. The molecule has 0 fully saturated rings. The van der Waals surface area contributed by atoms with E-state index in [0.717, 1.165) is 29.6 Å². The summed E-state index contributed by atoms with van der Waals surface area (Å²) in [5.41, 5.74) is 0.904. The number of phenolic OH excluding ortho intramolecular Hbond substituents is 1. The zero-order valence-corrected chi connectivity index (χ0v) is 11.6. The topological polar surface area (TPSA) is 41.5 Å². The Morgan fingerprint density at radius 1 is 1.44 bits per heavy atom. The van der Waals surface area contributed by atoms with Crippen molar-refractivity contribution in [3.05, 3.63) is 28.2 Å². The second-order valence-corrected chi connectivity index (χ2v) is 4.21. The van der Waals surface area contributed by atoms with Gasteiger partial charge in [0.2, 0.25) is 0 Å². The van der Waals surface area contributed by atoms with E-state index >= 15 is 0 Å². The number of hydrogen-bond acceptors (Lipinski definition) is 3. The van der Waals surface area contributed by atoms with E-state index in [9.17, 15) is 5.11 Å². The van der Waals surface area contributed by atoms with Gasteiger partial charge >= 0.3 is 0 Å². The van der Waals surface area contributed by atoms with E-state index in [-0.39, 0.29) is 12.4 Å². The molecule has 0 spiro atoms. The lowest BCUT2D eigenvalue weighted by molar-refractivity contribution is 0.194. The molecule has 0 saturated heterocycles. The molecule has 1 aromatic carbocycles. The second kappa shape index (κ2) is 8.82. The number of nitrogens with one attached hydrogen (secondary N) is 1. The van der Waals surface area contributed by atoms with Crippen molar-refractivity contribution in [2.45, 2.75) is 13.0 Å². The first-order chi connectivity index (χ1) is 7.24. The van der Waals surface area contributed by atoms with Gasteiger partial charge in [-0.1, -0.05) is 15.9 Å². The Labute approximate surface area is 111 Å². The molecule has 92 valence electrons. The molecular weight excluding hydrogens is 293 g/mol. The number of hydrogen-bond donors (Lipinski definition) is 2. The molecule has 2 N–H and O–H groups in total. The van der Waals surface area contributed by atoms with Gasteiger partial charge in [0.1, 0.15) is 5.75 Å². The molecule has 0 amide bonds. The molecular formula is C11H17BrClNO2. The number of rotatable bonds is 6. The molecule has 16 heavy (non-hydrogen) atoms. The van der Waals surface area contributed by atoms with Crippen LogP contribution in [0.4, 0.5) is 0 Å². The summed E-state index contributed by atoms with van der Waals surface area (Å²) in [5.74, 6) is 0.331. The Morgan fingerprint density at radius 3 is 2.88 bits per heavy atom. The first-order valence-electron chi connectivity index (χ1n) is 4.91. The number of benzene rings is 1. The van der Waals surface area contributed by atoms with Crippen LogP contribution in [0, 0.1) is 0 Å². The van der Waals surface area contributed by atoms with Crippen LogP contribution in [0.5, 0.6) is 5.75 Å². The standard InChI is InChI=1S/C11H16BrNO2.ClH/c1-15-6-2-5-13-8-9-7-10(12)3-4-11(9)14;/h3-4,7,13-14H,2,5-6,8H2,1H3;1H. The van der Waals surface area contributed by atoms with Gasteiger partial charge in [-0.05, 0) is 31.2 Å². The van der Waals surface area contributed by atoms with Crippen molar-refractivity contribution in [1.29, 1.82) is 0 Å². The van der Waals surface area contributed by atoms with Crippen LogP contribution >= 0.6 is 28.3 Å². The molecule has 0 heterocycles. The fourth-order valence-electron chi connectivity index (χ4n) is 1.26. The first kappa shape index (κ1) is 15.7. The zero-order valence-electron chi connectivity index (χ0n) is 9.20. The number of aromatic hydroxyl groups is 1. The second-order valence-electron chi connectivity index (χ2n) is 3.30. The Hall–Kier alpha value is -0.290. The minimum atomic E-state index is 0. The number of phenols is 1. The van der Waals surface area contributed by atoms with Gasteiger partial charge in [0.25, 0.3) is 0 Å². The van der Waals surface area contributed by atoms with Crippen molar-refractivity contribution in [3.8, 4) is 5.75 Å². The van der Waals surface area contributed by atoms with Crippen molar-refractivity contribution in [3.63, 3.8) is 0 Å². The highest BCUT2D eigenvalue weighted by molar-refractivity contribution is 9.10. The van der Waals surface area contributed by atoms with Crippen LogP contribution in [0.1, 0.15) is 12.0 Å². The molecule has 1 rings (SSSR count). The van der Waals surface area contributed by atoms with Gasteiger partial charge in [-0.2, -0.15) is 0 Å². The molecule has 0 aliphatic heterocycles. The molecule has 0 aliphatic carbocycles. The van der Waals surface area contributed by atoms with Crippen molar-refractivity contribution >= 4 is 28.3 Å². The fourth-order valence-corrected chi connectivity index (χ4v) is 1.67. The maximum Gasteiger partial charge on any atom is 0.120 e. The van der Waals surface area contributed by atoms with E-state index in [1.54, 1.807) is 13.2 Å². The van der Waals surface area contributed by atoms with Crippen molar-refractivity contribution in [2.75, 3.05) is 20.3 Å². The van der Waals surface area contributed by atoms with Gasteiger partial charge in [0.15, 0.2) is 0 Å². The van der Waals surface area contributed by atoms with Gasteiger partial charge in [-0.3, -0.25) is 0 Å². The van der Waals surface area contributed by atoms with E-state index in [1.807, 2.05) is 12.1 Å². The minimum Gasteiger partial charge on any atom is -0.508 e. The largest absolute Gasteiger partial charge is 0.508 e. The van der Waals surface area contributed by atoms with Crippen molar-refractivity contribution in [1.82, 2.24) is 5.32 Å². The third kappa shape index (κ3) is 5.70. The normalized spacial score (nSPS) is 9.88. The molecule has 0 unspecified atom stereocenters. The monoisotopic (exact) mass is 309 g/mol. The summed E-state index contributed by atoms with van der Waals surface area (Å²) in [5, 5.41) is 12.8. The summed E-state index contributed by atoms with van der Waals surface area (Å²) in [4.78, 5) is 0. The lowest BCUT2D eigenvalue weighted by Crippen LogP contribution is -2.16.